The van der Waals surface area contributed by atoms with E-state index in [1.54, 1.807) is 17.6 Å². The molecule has 0 radical (unpaired) electrons. The Bertz CT molecular complexity index is 1140. The molecule has 0 fully saturated rings. The van der Waals surface area contributed by atoms with Crippen molar-refractivity contribution in [2.24, 2.45) is 4.99 Å². The van der Waals surface area contributed by atoms with Gasteiger partial charge in [0.2, 0.25) is 0 Å². The van der Waals surface area contributed by atoms with Crippen molar-refractivity contribution in [3.8, 4) is 0 Å². The average molecular weight is 397 g/mol. The number of hydrogen-bond donors (Lipinski definition) is 0. The zero-order valence-electron chi connectivity index (χ0n) is 16.8. The van der Waals surface area contributed by atoms with E-state index in [1.807, 2.05) is 45.9 Å². The topological polar surface area (TPSA) is 60.7 Å². The van der Waals surface area contributed by atoms with Crippen LogP contribution in [-0.4, -0.2) is 23.1 Å². The van der Waals surface area contributed by atoms with Crippen LogP contribution in [0.5, 0.6) is 0 Å². The third kappa shape index (κ3) is 4.07. The molecule has 3 rings (SSSR count). The fourth-order valence-corrected chi connectivity index (χ4v) is 4.20. The summed E-state index contributed by atoms with van der Waals surface area (Å²) in [5.74, 6) is -0.657. The molecule has 5 nitrogen and oxygen atoms in total. The van der Waals surface area contributed by atoms with Gasteiger partial charge < -0.3 is 9.30 Å². The smallest absolute Gasteiger partial charge is 0.326 e. The SMILES string of the molecule is CCOC(=O)Cn1c(=NC(=O)c2ccc(C)cc2C)sc2cc(C)c(C)cc21. The van der Waals surface area contributed by atoms with Crippen LogP contribution in [0, 0.1) is 27.7 Å². The second-order valence-electron chi connectivity index (χ2n) is 6.92. The predicted molar refractivity (Wildman–Crippen MR) is 112 cm³/mol. The lowest BCUT2D eigenvalue weighted by atomic mass is 10.1. The molecule has 146 valence electrons. The Morgan fingerprint density at radius 1 is 1.04 bits per heavy atom. The molecule has 0 bridgehead atoms. The molecule has 0 spiro atoms. The molecule has 0 aliphatic heterocycles. The Morgan fingerprint density at radius 3 is 2.43 bits per heavy atom. The van der Waals surface area contributed by atoms with Crippen LogP contribution in [0.3, 0.4) is 0 Å². The normalized spacial score (nSPS) is 11.8. The number of hydrogen-bond acceptors (Lipinski definition) is 4. The number of aryl methyl sites for hydroxylation is 4. The molecule has 0 saturated carbocycles. The largest absolute Gasteiger partial charge is 0.465 e. The molecule has 0 N–H and O–H groups in total. The summed E-state index contributed by atoms with van der Waals surface area (Å²) in [5, 5.41) is 0. The van der Waals surface area contributed by atoms with Crippen LogP contribution in [0.2, 0.25) is 0 Å². The Hall–Kier alpha value is -2.73. The Balaban J connectivity index is 2.16. The molecule has 28 heavy (non-hydrogen) atoms. The lowest BCUT2D eigenvalue weighted by molar-refractivity contribution is -0.143. The van der Waals surface area contributed by atoms with Crippen LogP contribution in [0.15, 0.2) is 35.3 Å². The number of carbonyl (C=O) groups is 2. The lowest BCUT2D eigenvalue weighted by Crippen LogP contribution is -2.23. The summed E-state index contributed by atoms with van der Waals surface area (Å²) in [7, 11) is 0. The maximum atomic E-state index is 12.8. The molecule has 0 atom stereocenters. The number of esters is 1. The van der Waals surface area contributed by atoms with E-state index in [-0.39, 0.29) is 18.4 Å². The van der Waals surface area contributed by atoms with Gasteiger partial charge in [-0.2, -0.15) is 4.99 Å². The number of rotatable bonds is 4. The second kappa shape index (κ2) is 8.10. The van der Waals surface area contributed by atoms with Crippen molar-refractivity contribution < 1.29 is 14.3 Å². The first kappa shape index (κ1) is 20.0. The van der Waals surface area contributed by atoms with Gasteiger partial charge in [-0.25, -0.2) is 0 Å². The highest BCUT2D eigenvalue weighted by molar-refractivity contribution is 7.16. The summed E-state index contributed by atoms with van der Waals surface area (Å²) >= 11 is 1.41. The van der Waals surface area contributed by atoms with Crippen LogP contribution in [-0.2, 0) is 16.1 Å². The van der Waals surface area contributed by atoms with E-state index in [0.717, 1.165) is 32.5 Å². The Labute approximate surface area is 168 Å². The van der Waals surface area contributed by atoms with Gasteiger partial charge >= 0.3 is 5.97 Å². The van der Waals surface area contributed by atoms with Crippen LogP contribution < -0.4 is 4.80 Å². The number of nitrogens with zero attached hydrogens (tertiary/aromatic N) is 2. The number of aromatic nitrogens is 1. The van der Waals surface area contributed by atoms with Gasteiger partial charge in [0.05, 0.1) is 16.8 Å². The van der Waals surface area contributed by atoms with Crippen molar-refractivity contribution >= 4 is 33.4 Å². The standard InChI is InChI=1S/C22H24N2O3S/c1-6-27-20(25)12-24-18-10-14(3)15(4)11-19(18)28-22(24)23-21(26)17-8-7-13(2)9-16(17)5/h7-11H,6,12H2,1-5H3. The van der Waals surface area contributed by atoms with Gasteiger partial charge in [-0.05, 0) is 69.5 Å². The fourth-order valence-electron chi connectivity index (χ4n) is 3.10. The molecule has 1 heterocycles. The molecule has 3 aromatic rings. The average Bonchev–Trinajstić information content (AvgIpc) is 2.92. The molecule has 0 aliphatic carbocycles. The number of benzene rings is 2. The minimum Gasteiger partial charge on any atom is -0.465 e. The lowest BCUT2D eigenvalue weighted by Gasteiger charge is -2.07. The van der Waals surface area contributed by atoms with Crippen molar-refractivity contribution in [3.63, 3.8) is 0 Å². The molecule has 0 aliphatic rings. The van der Waals surface area contributed by atoms with Crippen molar-refractivity contribution in [2.45, 2.75) is 41.2 Å². The van der Waals surface area contributed by atoms with Gasteiger partial charge in [0.25, 0.3) is 5.91 Å². The highest BCUT2D eigenvalue weighted by Gasteiger charge is 2.14. The first-order valence-electron chi connectivity index (χ1n) is 9.22. The first-order valence-corrected chi connectivity index (χ1v) is 10.0. The maximum absolute atomic E-state index is 12.8. The summed E-state index contributed by atoms with van der Waals surface area (Å²) in [4.78, 5) is 29.8. The molecular weight excluding hydrogens is 372 g/mol. The van der Waals surface area contributed by atoms with Gasteiger partial charge in [0.15, 0.2) is 4.80 Å². The van der Waals surface area contributed by atoms with Crippen molar-refractivity contribution in [1.29, 1.82) is 0 Å². The van der Waals surface area contributed by atoms with Gasteiger partial charge in [-0.15, -0.1) is 0 Å². The third-order valence-corrected chi connectivity index (χ3v) is 5.74. The number of amides is 1. The second-order valence-corrected chi connectivity index (χ2v) is 7.92. The number of thiazole rings is 1. The molecule has 1 amide bonds. The van der Waals surface area contributed by atoms with E-state index in [1.165, 1.54) is 11.3 Å². The van der Waals surface area contributed by atoms with E-state index >= 15 is 0 Å². The quantitative estimate of drug-likeness (QED) is 0.620. The van der Waals surface area contributed by atoms with Crippen LogP contribution in [0.25, 0.3) is 10.2 Å². The zero-order chi connectivity index (χ0) is 20.4. The Morgan fingerprint density at radius 2 is 1.75 bits per heavy atom. The predicted octanol–water partition coefficient (Wildman–Crippen LogP) is 4.24. The molecule has 6 heteroatoms. The summed E-state index contributed by atoms with van der Waals surface area (Å²) in [6.45, 7) is 10.1. The highest BCUT2D eigenvalue weighted by Crippen LogP contribution is 2.22. The molecular formula is C22H24N2O3S. The van der Waals surface area contributed by atoms with Gasteiger partial charge in [0.1, 0.15) is 6.54 Å². The number of carbonyl (C=O) groups excluding carboxylic acids is 2. The van der Waals surface area contributed by atoms with Gasteiger partial charge in [-0.3, -0.25) is 9.59 Å². The summed E-state index contributed by atoms with van der Waals surface area (Å²) in [6.07, 6.45) is 0. The van der Waals surface area contributed by atoms with E-state index in [4.69, 9.17) is 4.74 Å². The van der Waals surface area contributed by atoms with E-state index < -0.39 is 0 Å². The fraction of sp³-hybridized carbons (Fsp3) is 0.318. The molecule has 1 aromatic heterocycles. The first-order chi connectivity index (χ1) is 13.3. The molecule has 2 aromatic carbocycles. The van der Waals surface area contributed by atoms with Crippen LogP contribution in [0.1, 0.15) is 39.5 Å². The van der Waals surface area contributed by atoms with Crippen LogP contribution >= 0.6 is 11.3 Å². The zero-order valence-corrected chi connectivity index (χ0v) is 17.6. The summed E-state index contributed by atoms with van der Waals surface area (Å²) < 4.78 is 7.87. The number of fused-ring (bicyclic) bond motifs is 1. The number of ether oxygens (including phenoxy) is 1. The monoisotopic (exact) mass is 396 g/mol. The van der Waals surface area contributed by atoms with E-state index in [0.29, 0.717) is 17.0 Å². The van der Waals surface area contributed by atoms with Crippen molar-refractivity contribution in [3.05, 3.63) is 63.0 Å². The van der Waals surface area contributed by atoms with Crippen molar-refractivity contribution in [1.82, 2.24) is 4.57 Å². The molecule has 0 unspecified atom stereocenters. The van der Waals surface area contributed by atoms with Gasteiger partial charge in [-0.1, -0.05) is 29.0 Å². The minimum absolute atomic E-state index is 0.0231. The third-order valence-electron chi connectivity index (χ3n) is 4.70. The summed E-state index contributed by atoms with van der Waals surface area (Å²) in [5.41, 5.74) is 5.71. The van der Waals surface area contributed by atoms with E-state index in [2.05, 4.69) is 11.1 Å². The minimum atomic E-state index is -0.346. The highest BCUT2D eigenvalue weighted by atomic mass is 32.1. The Kier molecular flexibility index (Phi) is 5.79. The summed E-state index contributed by atoms with van der Waals surface area (Å²) in [6, 6.07) is 9.76. The van der Waals surface area contributed by atoms with E-state index in [9.17, 15) is 9.59 Å². The maximum Gasteiger partial charge on any atom is 0.326 e. The van der Waals surface area contributed by atoms with Crippen LogP contribution in [0.4, 0.5) is 0 Å². The van der Waals surface area contributed by atoms with Crippen molar-refractivity contribution in [2.75, 3.05) is 6.61 Å². The molecule has 0 saturated heterocycles. The van der Waals surface area contributed by atoms with Gasteiger partial charge in [0, 0.05) is 5.56 Å².